The van der Waals surface area contributed by atoms with Crippen molar-refractivity contribution in [3.8, 4) is 0 Å². The van der Waals surface area contributed by atoms with E-state index in [1.54, 1.807) is 27.8 Å². The molecule has 0 radical (unpaired) electrons. The molecule has 32 heavy (non-hydrogen) atoms. The number of rotatable bonds is 3. The van der Waals surface area contributed by atoms with Gasteiger partial charge in [0, 0.05) is 21.8 Å². The van der Waals surface area contributed by atoms with Crippen LogP contribution in [0.4, 0.5) is 11.5 Å². The lowest BCUT2D eigenvalue weighted by molar-refractivity contribution is -0.126. The monoisotopic (exact) mass is 469 g/mol. The number of carbonyl (C=O) groups excluding carboxylic acids is 2. The first-order valence-corrected chi connectivity index (χ1v) is 11.1. The number of aromatic nitrogens is 3. The number of carbonyl (C=O) groups is 2. The van der Waals surface area contributed by atoms with E-state index >= 15 is 0 Å². The quantitative estimate of drug-likeness (QED) is 0.608. The van der Waals surface area contributed by atoms with Crippen molar-refractivity contribution in [2.24, 2.45) is 0 Å². The first-order valence-electron chi connectivity index (χ1n) is 10.4. The van der Waals surface area contributed by atoms with E-state index in [0.29, 0.717) is 32.8 Å². The molecule has 1 aromatic heterocycles. The lowest BCUT2D eigenvalue weighted by Crippen LogP contribution is -2.51. The van der Waals surface area contributed by atoms with Gasteiger partial charge in [-0.1, -0.05) is 40.5 Å². The third kappa shape index (κ3) is 2.88. The fraction of sp³-hybridized carbons (Fsp3) is 0.304. The molecule has 0 saturated carbocycles. The van der Waals surface area contributed by atoms with Crippen molar-refractivity contribution in [3.05, 3.63) is 69.3 Å². The van der Waals surface area contributed by atoms with Crippen LogP contribution in [0, 0.1) is 0 Å². The zero-order valence-electron chi connectivity index (χ0n) is 17.8. The lowest BCUT2D eigenvalue weighted by atomic mass is 9.73. The van der Waals surface area contributed by atoms with Gasteiger partial charge in [0.25, 0.3) is 0 Å². The summed E-state index contributed by atoms with van der Waals surface area (Å²) in [5.41, 5.74) is 1.44. The molecule has 0 bridgehead atoms. The Morgan fingerprint density at radius 1 is 1.03 bits per heavy atom. The van der Waals surface area contributed by atoms with Gasteiger partial charge < -0.3 is 5.32 Å². The maximum Gasteiger partial charge on any atom is 0.241 e. The van der Waals surface area contributed by atoms with Crippen LogP contribution < -0.4 is 10.2 Å². The molecule has 0 fully saturated rings. The van der Waals surface area contributed by atoms with Gasteiger partial charge in [-0.15, -0.1) is 5.10 Å². The Morgan fingerprint density at radius 3 is 2.41 bits per heavy atom. The number of halogens is 2. The predicted octanol–water partition coefficient (Wildman–Crippen LogP) is 4.58. The van der Waals surface area contributed by atoms with E-state index in [0.717, 1.165) is 5.56 Å². The van der Waals surface area contributed by atoms with Gasteiger partial charge in [-0.25, -0.2) is 4.68 Å². The van der Waals surface area contributed by atoms with E-state index in [9.17, 15) is 9.59 Å². The standard InChI is InChI=1S/C23H21Cl2N5O2/c1-12(2)29-19(31)11-23(17-10-16(25)8-9-18(17)26-22(23)32)20-21(29)30(28-27-20)13(3)14-4-6-15(24)7-5-14/h4-10,12-13H,11H2,1-3H3,(H,26,32)/t13?,23-/m1/s1. The maximum atomic E-state index is 13.5. The topological polar surface area (TPSA) is 80.1 Å². The molecule has 2 aromatic carbocycles. The number of anilines is 2. The van der Waals surface area contributed by atoms with Gasteiger partial charge in [0.05, 0.1) is 12.5 Å². The molecule has 2 aliphatic rings. The number of benzene rings is 2. The highest BCUT2D eigenvalue weighted by atomic mass is 35.5. The molecule has 7 nitrogen and oxygen atoms in total. The van der Waals surface area contributed by atoms with Crippen LogP contribution in [0.25, 0.3) is 0 Å². The smallest absolute Gasteiger partial charge is 0.241 e. The van der Waals surface area contributed by atoms with Crippen molar-refractivity contribution >= 4 is 46.5 Å². The molecule has 2 atom stereocenters. The van der Waals surface area contributed by atoms with Crippen LogP contribution in [-0.4, -0.2) is 32.9 Å². The molecule has 0 saturated heterocycles. The summed E-state index contributed by atoms with van der Waals surface area (Å²) in [4.78, 5) is 28.5. The summed E-state index contributed by atoms with van der Waals surface area (Å²) in [5.74, 6) is 0.0722. The Bertz CT molecular complexity index is 1250. The molecule has 1 spiro atoms. The van der Waals surface area contributed by atoms with Gasteiger partial charge in [0.15, 0.2) is 5.82 Å². The van der Waals surface area contributed by atoms with Gasteiger partial charge in [-0.2, -0.15) is 0 Å². The van der Waals surface area contributed by atoms with Crippen LogP contribution in [0.2, 0.25) is 10.0 Å². The zero-order valence-corrected chi connectivity index (χ0v) is 19.3. The summed E-state index contributed by atoms with van der Waals surface area (Å²) in [7, 11) is 0. The SMILES string of the molecule is CC(C)N1C(=O)C[C@]2(C(=O)Nc3ccc(Cl)cc32)c2nnn(C(C)c3ccc(Cl)cc3)c21. The second-order valence-electron chi connectivity index (χ2n) is 8.52. The van der Waals surface area contributed by atoms with E-state index in [-0.39, 0.29) is 30.3 Å². The van der Waals surface area contributed by atoms with Crippen molar-refractivity contribution in [2.75, 3.05) is 10.2 Å². The normalized spacial score (nSPS) is 20.5. The summed E-state index contributed by atoms with van der Waals surface area (Å²) in [6.45, 7) is 5.84. The number of nitrogens with zero attached hydrogens (tertiary/aromatic N) is 4. The van der Waals surface area contributed by atoms with Crippen molar-refractivity contribution < 1.29 is 9.59 Å². The fourth-order valence-electron chi connectivity index (χ4n) is 4.72. The number of hydrogen-bond acceptors (Lipinski definition) is 4. The summed E-state index contributed by atoms with van der Waals surface area (Å²) in [6, 6.07) is 12.3. The van der Waals surface area contributed by atoms with E-state index < -0.39 is 5.41 Å². The molecule has 1 N–H and O–H groups in total. The number of amides is 2. The first kappa shape index (κ1) is 21.0. The third-order valence-corrected chi connectivity index (χ3v) is 6.79. The average molecular weight is 470 g/mol. The summed E-state index contributed by atoms with van der Waals surface area (Å²) >= 11 is 12.3. The van der Waals surface area contributed by atoms with Crippen LogP contribution in [-0.2, 0) is 15.0 Å². The van der Waals surface area contributed by atoms with Crippen LogP contribution in [0.1, 0.15) is 50.1 Å². The minimum Gasteiger partial charge on any atom is -0.325 e. The molecular formula is C23H21Cl2N5O2. The van der Waals surface area contributed by atoms with Gasteiger partial charge in [-0.3, -0.25) is 14.5 Å². The van der Waals surface area contributed by atoms with Crippen molar-refractivity contribution in [1.82, 2.24) is 15.0 Å². The van der Waals surface area contributed by atoms with Crippen LogP contribution in [0.5, 0.6) is 0 Å². The minimum absolute atomic E-state index is 0.0363. The molecule has 164 valence electrons. The Balaban J connectivity index is 1.75. The highest BCUT2D eigenvalue weighted by Gasteiger charge is 2.58. The Labute approximate surface area is 195 Å². The lowest BCUT2D eigenvalue weighted by Gasteiger charge is -2.38. The molecule has 2 aliphatic heterocycles. The Morgan fingerprint density at radius 2 is 1.72 bits per heavy atom. The second-order valence-corrected chi connectivity index (χ2v) is 9.39. The third-order valence-electron chi connectivity index (χ3n) is 6.30. The van der Waals surface area contributed by atoms with Crippen molar-refractivity contribution in [2.45, 2.75) is 44.7 Å². The summed E-state index contributed by atoms with van der Waals surface area (Å²) in [5, 5.41) is 13.0. The van der Waals surface area contributed by atoms with Crippen LogP contribution >= 0.6 is 23.2 Å². The van der Waals surface area contributed by atoms with Gasteiger partial charge in [-0.05, 0) is 62.2 Å². The number of hydrogen-bond donors (Lipinski definition) is 1. The second kappa shape index (κ2) is 7.32. The molecule has 1 unspecified atom stereocenters. The highest BCUT2D eigenvalue weighted by Crippen LogP contribution is 2.51. The van der Waals surface area contributed by atoms with Gasteiger partial charge >= 0.3 is 0 Å². The molecule has 5 rings (SSSR count). The van der Waals surface area contributed by atoms with E-state index in [1.807, 2.05) is 45.0 Å². The number of nitrogens with one attached hydrogen (secondary N) is 1. The molecule has 9 heteroatoms. The Kier molecular flexibility index (Phi) is 4.80. The molecule has 3 aromatic rings. The van der Waals surface area contributed by atoms with Crippen LogP contribution in [0.15, 0.2) is 42.5 Å². The van der Waals surface area contributed by atoms with Gasteiger partial charge in [0.1, 0.15) is 11.1 Å². The molecule has 2 amide bonds. The first-order chi connectivity index (χ1) is 15.2. The maximum absolute atomic E-state index is 13.5. The molecule has 3 heterocycles. The summed E-state index contributed by atoms with van der Waals surface area (Å²) in [6.07, 6.45) is -0.0363. The van der Waals surface area contributed by atoms with E-state index in [2.05, 4.69) is 15.6 Å². The number of fused-ring (bicyclic) bond motifs is 4. The van der Waals surface area contributed by atoms with Crippen LogP contribution in [0.3, 0.4) is 0 Å². The molecular weight excluding hydrogens is 449 g/mol. The van der Waals surface area contributed by atoms with E-state index in [1.165, 1.54) is 0 Å². The van der Waals surface area contributed by atoms with E-state index in [4.69, 9.17) is 23.2 Å². The zero-order chi connectivity index (χ0) is 22.8. The fourth-order valence-corrected chi connectivity index (χ4v) is 5.02. The highest BCUT2D eigenvalue weighted by molar-refractivity contribution is 6.31. The average Bonchev–Trinajstić information content (AvgIpc) is 3.29. The largest absolute Gasteiger partial charge is 0.325 e. The summed E-state index contributed by atoms with van der Waals surface area (Å²) < 4.78 is 1.72. The minimum atomic E-state index is -1.27. The van der Waals surface area contributed by atoms with Crippen molar-refractivity contribution in [1.29, 1.82) is 0 Å². The molecule has 0 aliphatic carbocycles. The van der Waals surface area contributed by atoms with Gasteiger partial charge in [0.2, 0.25) is 11.8 Å². The predicted molar refractivity (Wildman–Crippen MR) is 123 cm³/mol. The van der Waals surface area contributed by atoms with Crippen molar-refractivity contribution in [3.63, 3.8) is 0 Å². The Hall–Kier alpha value is -2.90.